The standard InChI is InChI=1S/C16H18N2O/c1-12-10-14-4-2-3-5-15(14)18(12)11-16(19)13-6-8-17-9-7-13/h2-9,12,16,19H,10-11H2,1H3. The van der Waals surface area contributed by atoms with Gasteiger partial charge in [-0.1, -0.05) is 18.2 Å². The molecule has 2 atom stereocenters. The van der Waals surface area contributed by atoms with Crippen LogP contribution in [0.1, 0.15) is 24.2 Å². The molecule has 1 N–H and O–H groups in total. The molecule has 2 heterocycles. The van der Waals surface area contributed by atoms with E-state index in [1.165, 1.54) is 11.3 Å². The van der Waals surface area contributed by atoms with E-state index in [-0.39, 0.29) is 0 Å². The zero-order chi connectivity index (χ0) is 13.2. The van der Waals surface area contributed by atoms with Crippen molar-refractivity contribution in [1.29, 1.82) is 0 Å². The Kier molecular flexibility index (Phi) is 3.22. The molecule has 3 rings (SSSR count). The van der Waals surface area contributed by atoms with Crippen molar-refractivity contribution in [2.75, 3.05) is 11.4 Å². The fraction of sp³-hybridized carbons (Fsp3) is 0.312. The lowest BCUT2D eigenvalue weighted by Gasteiger charge is -2.27. The van der Waals surface area contributed by atoms with Gasteiger partial charge in [-0.2, -0.15) is 0 Å². The van der Waals surface area contributed by atoms with E-state index in [2.05, 4.69) is 41.1 Å². The molecule has 0 fully saturated rings. The molecule has 3 heteroatoms. The smallest absolute Gasteiger partial charge is 0.0966 e. The van der Waals surface area contributed by atoms with Crippen LogP contribution >= 0.6 is 0 Å². The lowest BCUT2D eigenvalue weighted by molar-refractivity contribution is 0.181. The van der Waals surface area contributed by atoms with Crippen LogP contribution in [0.5, 0.6) is 0 Å². The van der Waals surface area contributed by atoms with Crippen molar-refractivity contribution in [3.05, 3.63) is 59.9 Å². The molecule has 0 aliphatic carbocycles. The van der Waals surface area contributed by atoms with E-state index >= 15 is 0 Å². The quantitative estimate of drug-likeness (QED) is 0.914. The second kappa shape index (κ2) is 5.02. The van der Waals surface area contributed by atoms with Gasteiger partial charge in [-0.15, -0.1) is 0 Å². The first-order valence-corrected chi connectivity index (χ1v) is 6.68. The van der Waals surface area contributed by atoms with Crippen LogP contribution in [0.25, 0.3) is 0 Å². The van der Waals surface area contributed by atoms with Gasteiger partial charge in [0.25, 0.3) is 0 Å². The van der Waals surface area contributed by atoms with E-state index in [0.717, 1.165) is 12.0 Å². The predicted molar refractivity (Wildman–Crippen MR) is 76.2 cm³/mol. The zero-order valence-electron chi connectivity index (χ0n) is 11.0. The number of aliphatic hydroxyl groups excluding tert-OH is 1. The SMILES string of the molecule is CC1Cc2ccccc2N1CC(O)c1ccncc1. The number of benzene rings is 1. The van der Waals surface area contributed by atoms with Gasteiger partial charge in [0.05, 0.1) is 6.10 Å². The van der Waals surface area contributed by atoms with E-state index in [9.17, 15) is 5.11 Å². The van der Waals surface area contributed by atoms with Crippen LogP contribution in [0.4, 0.5) is 5.69 Å². The van der Waals surface area contributed by atoms with Crippen LogP contribution in [0, 0.1) is 0 Å². The molecule has 1 aromatic heterocycles. The second-order valence-electron chi connectivity index (χ2n) is 5.13. The monoisotopic (exact) mass is 254 g/mol. The first-order chi connectivity index (χ1) is 9.25. The maximum atomic E-state index is 10.4. The number of hydrogen-bond acceptors (Lipinski definition) is 3. The number of anilines is 1. The van der Waals surface area contributed by atoms with Crippen molar-refractivity contribution in [2.24, 2.45) is 0 Å². The third-order valence-corrected chi connectivity index (χ3v) is 3.81. The van der Waals surface area contributed by atoms with Crippen molar-refractivity contribution in [3.63, 3.8) is 0 Å². The van der Waals surface area contributed by atoms with Gasteiger partial charge in [0.1, 0.15) is 0 Å². The Bertz CT molecular complexity index is 556. The van der Waals surface area contributed by atoms with Crippen molar-refractivity contribution < 1.29 is 5.11 Å². The molecule has 2 unspecified atom stereocenters. The molecule has 1 aliphatic rings. The summed E-state index contributed by atoms with van der Waals surface area (Å²) in [5, 5.41) is 10.4. The highest BCUT2D eigenvalue weighted by atomic mass is 16.3. The highest BCUT2D eigenvalue weighted by Crippen LogP contribution is 2.33. The molecule has 19 heavy (non-hydrogen) atoms. The Labute approximate surface area is 113 Å². The highest BCUT2D eigenvalue weighted by molar-refractivity contribution is 5.59. The van der Waals surface area contributed by atoms with Crippen LogP contribution in [-0.2, 0) is 6.42 Å². The molecular weight excluding hydrogens is 236 g/mol. The molecule has 0 amide bonds. The average Bonchev–Trinajstić information content (AvgIpc) is 2.76. The highest BCUT2D eigenvalue weighted by Gasteiger charge is 2.27. The molecule has 0 radical (unpaired) electrons. The van der Waals surface area contributed by atoms with Crippen molar-refractivity contribution in [2.45, 2.75) is 25.5 Å². The number of fused-ring (bicyclic) bond motifs is 1. The summed E-state index contributed by atoms with van der Waals surface area (Å²) >= 11 is 0. The minimum Gasteiger partial charge on any atom is -0.387 e. The summed E-state index contributed by atoms with van der Waals surface area (Å²) in [4.78, 5) is 6.28. The normalized spacial score (nSPS) is 19.3. The number of pyridine rings is 1. The lowest BCUT2D eigenvalue weighted by atomic mass is 10.1. The molecule has 0 saturated carbocycles. The summed E-state index contributed by atoms with van der Waals surface area (Å²) < 4.78 is 0. The van der Waals surface area contributed by atoms with E-state index in [1.54, 1.807) is 12.4 Å². The zero-order valence-corrected chi connectivity index (χ0v) is 11.0. The number of aromatic nitrogens is 1. The van der Waals surface area contributed by atoms with Crippen LogP contribution in [0.15, 0.2) is 48.8 Å². The van der Waals surface area contributed by atoms with Gasteiger partial charge in [0, 0.05) is 30.7 Å². The number of hydrogen-bond donors (Lipinski definition) is 1. The maximum Gasteiger partial charge on any atom is 0.0966 e. The fourth-order valence-electron chi connectivity index (χ4n) is 2.79. The first kappa shape index (κ1) is 12.2. The summed E-state index contributed by atoms with van der Waals surface area (Å²) in [5.41, 5.74) is 3.55. The van der Waals surface area contributed by atoms with E-state index in [4.69, 9.17) is 0 Å². The Hall–Kier alpha value is -1.87. The summed E-state index contributed by atoms with van der Waals surface area (Å²) in [5.74, 6) is 0. The van der Waals surface area contributed by atoms with E-state index in [0.29, 0.717) is 12.6 Å². The van der Waals surface area contributed by atoms with Crippen LogP contribution in [-0.4, -0.2) is 22.7 Å². The number of aliphatic hydroxyl groups is 1. The molecule has 98 valence electrons. The van der Waals surface area contributed by atoms with Gasteiger partial charge < -0.3 is 10.0 Å². The number of para-hydroxylation sites is 1. The van der Waals surface area contributed by atoms with Gasteiger partial charge >= 0.3 is 0 Å². The molecule has 1 aromatic carbocycles. The second-order valence-corrected chi connectivity index (χ2v) is 5.13. The summed E-state index contributed by atoms with van der Waals surface area (Å²) in [6.45, 7) is 2.83. The molecule has 2 aromatic rings. The lowest BCUT2D eigenvalue weighted by Crippen LogP contribution is -2.33. The summed E-state index contributed by atoms with van der Waals surface area (Å²) in [7, 11) is 0. The van der Waals surface area contributed by atoms with Crippen LogP contribution in [0.3, 0.4) is 0 Å². The number of nitrogens with zero attached hydrogens (tertiary/aromatic N) is 2. The third kappa shape index (κ3) is 2.34. The minimum absolute atomic E-state index is 0.439. The summed E-state index contributed by atoms with van der Waals surface area (Å²) in [6, 6.07) is 12.6. The third-order valence-electron chi connectivity index (χ3n) is 3.81. The Balaban J connectivity index is 1.80. The van der Waals surface area contributed by atoms with Crippen molar-refractivity contribution in [1.82, 2.24) is 4.98 Å². The number of rotatable bonds is 3. The van der Waals surface area contributed by atoms with Crippen molar-refractivity contribution >= 4 is 5.69 Å². The molecule has 0 spiro atoms. The van der Waals surface area contributed by atoms with Gasteiger partial charge in [0.2, 0.25) is 0 Å². The Morgan fingerprint density at radius 1 is 1.26 bits per heavy atom. The van der Waals surface area contributed by atoms with E-state index in [1.807, 2.05) is 12.1 Å². The first-order valence-electron chi connectivity index (χ1n) is 6.68. The minimum atomic E-state index is -0.475. The van der Waals surface area contributed by atoms with Gasteiger partial charge in [-0.3, -0.25) is 4.98 Å². The predicted octanol–water partition coefficient (Wildman–Crippen LogP) is 2.57. The van der Waals surface area contributed by atoms with Gasteiger partial charge in [0.15, 0.2) is 0 Å². The van der Waals surface area contributed by atoms with E-state index < -0.39 is 6.10 Å². The van der Waals surface area contributed by atoms with Crippen molar-refractivity contribution in [3.8, 4) is 0 Å². The molecule has 0 saturated heterocycles. The maximum absolute atomic E-state index is 10.4. The van der Waals surface area contributed by atoms with Gasteiger partial charge in [-0.25, -0.2) is 0 Å². The Morgan fingerprint density at radius 2 is 2.00 bits per heavy atom. The molecular formula is C16H18N2O. The van der Waals surface area contributed by atoms with Crippen LogP contribution < -0.4 is 4.90 Å². The number of β-amino-alcohol motifs (C(OH)–C–C–N with tert-alkyl or cyclic N) is 1. The summed E-state index contributed by atoms with van der Waals surface area (Å²) in [6.07, 6.45) is 4.02. The Morgan fingerprint density at radius 3 is 2.79 bits per heavy atom. The molecule has 1 aliphatic heterocycles. The molecule has 0 bridgehead atoms. The topological polar surface area (TPSA) is 36.4 Å². The van der Waals surface area contributed by atoms with Crippen LogP contribution in [0.2, 0.25) is 0 Å². The molecule has 3 nitrogen and oxygen atoms in total. The average molecular weight is 254 g/mol. The van der Waals surface area contributed by atoms with Gasteiger partial charge in [-0.05, 0) is 42.7 Å². The fourth-order valence-corrected chi connectivity index (χ4v) is 2.79. The largest absolute Gasteiger partial charge is 0.387 e.